The van der Waals surface area contributed by atoms with Crippen molar-refractivity contribution in [2.45, 2.75) is 12.6 Å². The smallest absolute Gasteiger partial charge is 0.335 e. The fraction of sp³-hybridized carbons (Fsp3) is 0.308. The number of halogens is 4. The fourth-order valence-corrected chi connectivity index (χ4v) is 2.31. The summed E-state index contributed by atoms with van der Waals surface area (Å²) in [5, 5.41) is 0. The van der Waals surface area contributed by atoms with Crippen LogP contribution in [0.2, 0.25) is 0 Å². The summed E-state index contributed by atoms with van der Waals surface area (Å²) in [7, 11) is 0. The molecule has 1 heterocycles. The Balaban J connectivity index is 2.10. The van der Waals surface area contributed by atoms with Crippen molar-refractivity contribution in [1.82, 2.24) is 4.90 Å². The molecule has 0 bridgehead atoms. The van der Waals surface area contributed by atoms with Gasteiger partial charge in [-0.05, 0) is 24.6 Å². The van der Waals surface area contributed by atoms with Crippen molar-refractivity contribution in [3.8, 4) is 0 Å². The number of rotatable bonds is 1. The molecule has 0 saturated heterocycles. The van der Waals surface area contributed by atoms with Crippen LogP contribution >= 0.6 is 15.9 Å². The van der Waals surface area contributed by atoms with Gasteiger partial charge in [-0.1, -0.05) is 28.1 Å². The Morgan fingerprint density at radius 1 is 1.32 bits per heavy atom. The molecule has 0 aromatic heterocycles. The highest BCUT2D eigenvalue weighted by molar-refractivity contribution is 9.10. The Labute approximate surface area is 117 Å². The highest BCUT2D eigenvalue weighted by atomic mass is 79.9. The molecule has 0 fully saturated rings. The number of carbonyl (C=O) groups is 1. The Morgan fingerprint density at radius 3 is 2.58 bits per heavy atom. The molecule has 0 radical (unpaired) electrons. The van der Waals surface area contributed by atoms with Gasteiger partial charge >= 0.3 is 6.18 Å². The van der Waals surface area contributed by atoms with Crippen LogP contribution in [-0.2, 0) is 0 Å². The molecule has 1 aromatic carbocycles. The molecule has 19 heavy (non-hydrogen) atoms. The van der Waals surface area contributed by atoms with Crippen molar-refractivity contribution in [1.29, 1.82) is 0 Å². The van der Waals surface area contributed by atoms with Crippen molar-refractivity contribution < 1.29 is 18.0 Å². The summed E-state index contributed by atoms with van der Waals surface area (Å²) in [6, 6.07) is 6.81. The van der Waals surface area contributed by atoms with Crippen LogP contribution in [0.3, 0.4) is 0 Å². The Kier molecular flexibility index (Phi) is 3.99. The summed E-state index contributed by atoms with van der Waals surface area (Å²) in [6.07, 6.45) is -3.35. The topological polar surface area (TPSA) is 20.3 Å². The molecule has 0 atom stereocenters. The van der Waals surface area contributed by atoms with Crippen molar-refractivity contribution >= 4 is 21.8 Å². The molecule has 0 saturated carbocycles. The van der Waals surface area contributed by atoms with Gasteiger partial charge in [-0.2, -0.15) is 13.2 Å². The third-order valence-corrected chi connectivity index (χ3v) is 3.43. The molecule has 1 aliphatic rings. The van der Waals surface area contributed by atoms with Crippen LogP contribution in [0, 0.1) is 0 Å². The van der Waals surface area contributed by atoms with Crippen LogP contribution in [0.5, 0.6) is 0 Å². The van der Waals surface area contributed by atoms with Crippen molar-refractivity contribution in [2.75, 3.05) is 13.1 Å². The predicted molar refractivity (Wildman–Crippen MR) is 68.8 cm³/mol. The first kappa shape index (κ1) is 14.1. The lowest BCUT2D eigenvalue weighted by Gasteiger charge is -2.27. The monoisotopic (exact) mass is 333 g/mol. The fourth-order valence-electron chi connectivity index (χ4n) is 1.92. The van der Waals surface area contributed by atoms with E-state index in [1.54, 1.807) is 24.3 Å². The van der Waals surface area contributed by atoms with E-state index in [2.05, 4.69) is 15.9 Å². The summed E-state index contributed by atoms with van der Waals surface area (Å²) in [6.45, 7) is 0.0941. The largest absolute Gasteiger partial charge is 0.412 e. The number of carbonyl (C=O) groups excluding carboxylic acids is 1. The molecule has 0 spiro atoms. The van der Waals surface area contributed by atoms with E-state index in [0.29, 0.717) is 5.56 Å². The number of hydrogen-bond donors (Lipinski definition) is 0. The maximum absolute atomic E-state index is 12.5. The molecule has 2 nitrogen and oxygen atoms in total. The first-order valence-corrected chi connectivity index (χ1v) is 6.48. The summed E-state index contributed by atoms with van der Waals surface area (Å²) in [5.74, 6) is -0.251. The molecule has 1 aromatic rings. The Hall–Kier alpha value is -1.30. The molecule has 102 valence electrons. The zero-order chi connectivity index (χ0) is 14.0. The lowest BCUT2D eigenvalue weighted by molar-refractivity contribution is -0.0957. The van der Waals surface area contributed by atoms with Crippen molar-refractivity contribution in [2.24, 2.45) is 0 Å². The molecule has 1 aliphatic heterocycles. The molecule has 1 amide bonds. The van der Waals surface area contributed by atoms with Gasteiger partial charge in [-0.15, -0.1) is 0 Å². The Morgan fingerprint density at radius 2 is 2.05 bits per heavy atom. The van der Waals surface area contributed by atoms with Gasteiger partial charge in [-0.3, -0.25) is 4.79 Å². The molecule has 6 heteroatoms. The average molecular weight is 334 g/mol. The third-order valence-electron chi connectivity index (χ3n) is 2.93. The number of benzene rings is 1. The lowest BCUT2D eigenvalue weighted by atomic mass is 10.1. The van der Waals surface area contributed by atoms with Gasteiger partial charge in [0.15, 0.2) is 0 Å². The highest BCUT2D eigenvalue weighted by Crippen LogP contribution is 2.30. The first-order chi connectivity index (χ1) is 8.88. The summed E-state index contributed by atoms with van der Waals surface area (Å²) >= 11 is 3.26. The van der Waals surface area contributed by atoms with Crippen LogP contribution in [0.25, 0.3) is 0 Å². The summed E-state index contributed by atoms with van der Waals surface area (Å²) in [5.41, 5.74) is -0.0796. The first-order valence-electron chi connectivity index (χ1n) is 5.69. The zero-order valence-corrected chi connectivity index (χ0v) is 11.5. The second kappa shape index (κ2) is 5.36. The molecule has 0 aliphatic carbocycles. The van der Waals surface area contributed by atoms with Gasteiger partial charge in [0, 0.05) is 28.7 Å². The maximum atomic E-state index is 12.5. The predicted octanol–water partition coefficient (Wildman–Crippen LogP) is 3.78. The number of nitrogens with zero attached hydrogens (tertiary/aromatic N) is 1. The molecule has 0 N–H and O–H groups in total. The van der Waals surface area contributed by atoms with E-state index in [0.717, 1.165) is 10.5 Å². The standard InChI is InChI=1S/C13H11BrF3NO/c14-11-3-1-2-9(8-11)12(19)18-6-4-10(5-7-18)13(15,16)17/h1-4,8H,5-7H2. The van der Waals surface area contributed by atoms with Crippen LogP contribution in [-0.4, -0.2) is 30.1 Å². The van der Waals surface area contributed by atoms with Crippen LogP contribution in [0.1, 0.15) is 16.8 Å². The van der Waals surface area contributed by atoms with Crippen molar-refractivity contribution in [3.63, 3.8) is 0 Å². The van der Waals surface area contributed by atoms with Gasteiger partial charge in [-0.25, -0.2) is 0 Å². The van der Waals surface area contributed by atoms with E-state index in [1.165, 1.54) is 4.90 Å². The van der Waals surface area contributed by atoms with Gasteiger partial charge in [0.05, 0.1) is 0 Å². The normalized spacial score (nSPS) is 16.2. The van der Waals surface area contributed by atoms with Crippen LogP contribution in [0.4, 0.5) is 13.2 Å². The minimum absolute atomic E-state index is 0.000188. The third kappa shape index (κ3) is 3.37. The number of alkyl halides is 3. The average Bonchev–Trinajstić information content (AvgIpc) is 2.37. The molecular weight excluding hydrogens is 323 g/mol. The maximum Gasteiger partial charge on any atom is 0.412 e. The van der Waals surface area contributed by atoms with E-state index in [4.69, 9.17) is 0 Å². The molecule has 0 unspecified atom stereocenters. The van der Waals surface area contributed by atoms with Gasteiger partial charge in [0.2, 0.25) is 0 Å². The van der Waals surface area contributed by atoms with Gasteiger partial charge < -0.3 is 4.90 Å². The second-order valence-electron chi connectivity index (χ2n) is 4.24. The number of amides is 1. The zero-order valence-electron chi connectivity index (χ0n) is 9.88. The highest BCUT2D eigenvalue weighted by Gasteiger charge is 2.35. The second-order valence-corrected chi connectivity index (χ2v) is 5.15. The number of hydrogen-bond acceptors (Lipinski definition) is 1. The van der Waals surface area contributed by atoms with E-state index < -0.39 is 11.7 Å². The quantitative estimate of drug-likeness (QED) is 0.716. The van der Waals surface area contributed by atoms with E-state index in [1.807, 2.05) is 0 Å². The molecule has 2 rings (SSSR count). The van der Waals surface area contributed by atoms with Crippen LogP contribution < -0.4 is 0 Å². The van der Waals surface area contributed by atoms with Gasteiger partial charge in [0.1, 0.15) is 0 Å². The summed E-state index contributed by atoms with van der Waals surface area (Å²) in [4.78, 5) is 13.5. The van der Waals surface area contributed by atoms with Crippen LogP contribution in [0.15, 0.2) is 40.4 Å². The SMILES string of the molecule is O=C(c1cccc(Br)c1)N1CC=C(C(F)(F)F)CC1. The molecular formula is C13H11BrF3NO. The summed E-state index contributed by atoms with van der Waals surface area (Å²) < 4.78 is 38.2. The van der Waals surface area contributed by atoms with E-state index in [9.17, 15) is 18.0 Å². The Bertz CT molecular complexity index is 525. The van der Waals surface area contributed by atoms with Crippen molar-refractivity contribution in [3.05, 3.63) is 46.0 Å². The van der Waals surface area contributed by atoms with Gasteiger partial charge in [0.25, 0.3) is 5.91 Å². The lowest BCUT2D eigenvalue weighted by Crippen LogP contribution is -2.36. The minimum atomic E-state index is -4.29. The minimum Gasteiger partial charge on any atom is -0.335 e. The van der Waals surface area contributed by atoms with E-state index >= 15 is 0 Å². The van der Waals surface area contributed by atoms with E-state index in [-0.39, 0.29) is 25.4 Å².